The predicted molar refractivity (Wildman–Crippen MR) is 89.7 cm³/mol. The standard InChI is InChI=1S/C17H13ClF4N2O4/c18-15-11(12(17(20,21)22)2-3-13(15)19)8-27-9-1-4-14(23-5-9)24-6-10(7-25)28-16(24)26/h1-5,10,25H,6-8H2. The number of benzene rings is 1. The number of hydrogen-bond acceptors (Lipinski definition) is 5. The van der Waals surface area contributed by atoms with E-state index in [0.717, 1.165) is 0 Å². The van der Waals surface area contributed by atoms with Gasteiger partial charge in [-0.3, -0.25) is 4.90 Å². The number of nitrogens with zero attached hydrogens (tertiary/aromatic N) is 2. The lowest BCUT2D eigenvalue weighted by Crippen LogP contribution is -2.26. The van der Waals surface area contributed by atoms with Gasteiger partial charge in [0.05, 0.1) is 29.9 Å². The molecule has 150 valence electrons. The number of carbonyl (C=O) groups is 1. The van der Waals surface area contributed by atoms with Crippen molar-refractivity contribution in [1.82, 2.24) is 4.98 Å². The number of hydrogen-bond donors (Lipinski definition) is 1. The van der Waals surface area contributed by atoms with Crippen molar-refractivity contribution in [3.8, 4) is 5.75 Å². The van der Waals surface area contributed by atoms with Crippen LogP contribution in [0.15, 0.2) is 30.5 Å². The first-order valence-electron chi connectivity index (χ1n) is 7.92. The molecule has 0 spiro atoms. The van der Waals surface area contributed by atoms with Crippen LogP contribution in [0.2, 0.25) is 5.02 Å². The van der Waals surface area contributed by atoms with E-state index >= 15 is 0 Å². The van der Waals surface area contributed by atoms with Gasteiger partial charge in [-0.1, -0.05) is 11.6 Å². The van der Waals surface area contributed by atoms with E-state index in [4.69, 9.17) is 26.2 Å². The first-order chi connectivity index (χ1) is 13.2. The van der Waals surface area contributed by atoms with Gasteiger partial charge in [0.15, 0.2) is 0 Å². The van der Waals surface area contributed by atoms with E-state index < -0.39 is 46.9 Å². The zero-order valence-electron chi connectivity index (χ0n) is 14.0. The van der Waals surface area contributed by atoms with Gasteiger partial charge in [-0.05, 0) is 24.3 Å². The van der Waals surface area contributed by atoms with Crippen molar-refractivity contribution in [2.75, 3.05) is 18.1 Å². The Bertz CT molecular complexity index is 877. The molecule has 1 aromatic heterocycles. The average molecular weight is 421 g/mol. The highest BCUT2D eigenvalue weighted by atomic mass is 35.5. The molecule has 28 heavy (non-hydrogen) atoms. The fourth-order valence-corrected chi connectivity index (χ4v) is 2.80. The molecular formula is C17H13ClF4N2O4. The SMILES string of the molecule is O=C1OC(CO)CN1c1ccc(OCc2c(C(F)(F)F)ccc(F)c2Cl)cn1. The Labute approximate surface area is 161 Å². The summed E-state index contributed by atoms with van der Waals surface area (Å²) in [6, 6.07) is 4.01. The Morgan fingerprint density at radius 2 is 2.07 bits per heavy atom. The minimum Gasteiger partial charge on any atom is -0.487 e. The fourth-order valence-electron chi connectivity index (χ4n) is 2.58. The fraction of sp³-hybridized carbons (Fsp3) is 0.294. The van der Waals surface area contributed by atoms with Gasteiger partial charge in [0, 0.05) is 5.56 Å². The number of carbonyl (C=O) groups excluding carboxylic acids is 1. The number of aliphatic hydroxyl groups excluding tert-OH is 1. The minimum atomic E-state index is -4.72. The molecule has 1 aliphatic heterocycles. The Morgan fingerprint density at radius 3 is 2.64 bits per heavy atom. The third-order valence-corrected chi connectivity index (χ3v) is 4.37. The van der Waals surface area contributed by atoms with Gasteiger partial charge in [0.2, 0.25) is 0 Å². The van der Waals surface area contributed by atoms with Crippen LogP contribution in [-0.4, -0.2) is 35.4 Å². The van der Waals surface area contributed by atoms with E-state index in [1.165, 1.54) is 23.2 Å². The molecule has 1 N–H and O–H groups in total. The molecular weight excluding hydrogens is 408 g/mol. The summed E-state index contributed by atoms with van der Waals surface area (Å²) in [5.41, 5.74) is -1.63. The molecule has 1 amide bonds. The summed E-state index contributed by atoms with van der Waals surface area (Å²) in [6.07, 6.45) is -4.88. The first kappa shape index (κ1) is 20.2. The zero-order chi connectivity index (χ0) is 20.5. The number of ether oxygens (including phenoxy) is 2. The Hall–Kier alpha value is -2.59. The molecule has 1 fully saturated rings. The normalized spacial score (nSPS) is 17.0. The molecule has 0 radical (unpaired) electrons. The van der Waals surface area contributed by atoms with E-state index in [-0.39, 0.29) is 24.7 Å². The van der Waals surface area contributed by atoms with E-state index in [1.807, 2.05) is 0 Å². The Morgan fingerprint density at radius 1 is 1.32 bits per heavy atom. The van der Waals surface area contributed by atoms with Crippen molar-refractivity contribution in [3.05, 3.63) is 52.4 Å². The summed E-state index contributed by atoms with van der Waals surface area (Å²) >= 11 is 5.68. The van der Waals surface area contributed by atoms with Crippen molar-refractivity contribution in [3.63, 3.8) is 0 Å². The lowest BCUT2D eigenvalue weighted by molar-refractivity contribution is -0.138. The number of aliphatic hydroxyl groups is 1. The van der Waals surface area contributed by atoms with Gasteiger partial charge < -0.3 is 14.6 Å². The smallest absolute Gasteiger partial charge is 0.416 e. The lowest BCUT2D eigenvalue weighted by atomic mass is 10.1. The Kier molecular flexibility index (Phi) is 5.61. The molecule has 2 aromatic rings. The molecule has 1 unspecified atom stereocenters. The van der Waals surface area contributed by atoms with E-state index in [1.54, 1.807) is 0 Å². The topological polar surface area (TPSA) is 71.9 Å². The molecule has 2 heterocycles. The van der Waals surface area contributed by atoms with Gasteiger partial charge in [-0.25, -0.2) is 14.2 Å². The predicted octanol–water partition coefficient (Wildman–Crippen LogP) is 3.79. The highest BCUT2D eigenvalue weighted by Gasteiger charge is 2.35. The second kappa shape index (κ2) is 7.80. The van der Waals surface area contributed by atoms with Crippen molar-refractivity contribution >= 4 is 23.5 Å². The number of alkyl halides is 3. The molecule has 1 atom stereocenters. The third kappa shape index (κ3) is 4.12. The number of amides is 1. The average Bonchev–Trinajstić information content (AvgIpc) is 3.03. The summed E-state index contributed by atoms with van der Waals surface area (Å²) in [5, 5.41) is 8.36. The van der Waals surface area contributed by atoms with E-state index in [2.05, 4.69) is 4.98 Å². The van der Waals surface area contributed by atoms with Crippen LogP contribution in [0.3, 0.4) is 0 Å². The number of rotatable bonds is 5. The van der Waals surface area contributed by atoms with Crippen molar-refractivity contribution in [2.45, 2.75) is 18.9 Å². The summed E-state index contributed by atoms with van der Waals surface area (Å²) in [4.78, 5) is 16.9. The lowest BCUT2D eigenvalue weighted by Gasteiger charge is -2.16. The maximum atomic E-state index is 13.6. The number of halogens is 5. The van der Waals surface area contributed by atoms with Gasteiger partial charge in [0.1, 0.15) is 30.1 Å². The molecule has 1 aromatic carbocycles. The number of anilines is 1. The molecule has 0 saturated carbocycles. The summed E-state index contributed by atoms with van der Waals surface area (Å²) in [7, 11) is 0. The van der Waals surface area contributed by atoms with Crippen molar-refractivity contribution in [2.24, 2.45) is 0 Å². The monoisotopic (exact) mass is 420 g/mol. The van der Waals surface area contributed by atoms with Crippen LogP contribution in [0, 0.1) is 5.82 Å². The van der Waals surface area contributed by atoms with Gasteiger partial charge in [-0.2, -0.15) is 13.2 Å². The molecule has 0 bridgehead atoms. The third-order valence-electron chi connectivity index (χ3n) is 3.96. The zero-order valence-corrected chi connectivity index (χ0v) is 14.8. The van der Waals surface area contributed by atoms with E-state index in [9.17, 15) is 22.4 Å². The van der Waals surface area contributed by atoms with Crippen molar-refractivity contribution in [1.29, 1.82) is 0 Å². The van der Waals surface area contributed by atoms with Crippen LogP contribution < -0.4 is 9.64 Å². The molecule has 1 aliphatic rings. The molecule has 11 heteroatoms. The highest BCUT2D eigenvalue weighted by molar-refractivity contribution is 6.31. The van der Waals surface area contributed by atoms with Crippen LogP contribution in [0.1, 0.15) is 11.1 Å². The van der Waals surface area contributed by atoms with Crippen LogP contribution >= 0.6 is 11.6 Å². The molecule has 3 rings (SSSR count). The number of aromatic nitrogens is 1. The van der Waals surface area contributed by atoms with Crippen molar-refractivity contribution < 1.29 is 36.9 Å². The van der Waals surface area contributed by atoms with Gasteiger partial charge in [0.25, 0.3) is 0 Å². The summed E-state index contributed by atoms with van der Waals surface area (Å²) in [6.45, 7) is -0.861. The molecule has 0 aliphatic carbocycles. The maximum absolute atomic E-state index is 13.6. The number of cyclic esters (lactones) is 1. The number of pyridine rings is 1. The second-order valence-electron chi connectivity index (χ2n) is 5.82. The second-order valence-corrected chi connectivity index (χ2v) is 6.20. The van der Waals surface area contributed by atoms with Crippen LogP contribution in [0.4, 0.5) is 28.2 Å². The summed E-state index contributed by atoms with van der Waals surface area (Å²) in [5.74, 6) is -0.690. The van der Waals surface area contributed by atoms with Crippen LogP contribution in [0.25, 0.3) is 0 Å². The van der Waals surface area contributed by atoms with Gasteiger partial charge in [-0.15, -0.1) is 0 Å². The molecule has 1 saturated heterocycles. The molecule has 6 nitrogen and oxygen atoms in total. The van der Waals surface area contributed by atoms with Crippen LogP contribution in [-0.2, 0) is 17.5 Å². The first-order valence-corrected chi connectivity index (χ1v) is 8.30. The van der Waals surface area contributed by atoms with Crippen LogP contribution in [0.5, 0.6) is 5.75 Å². The minimum absolute atomic E-state index is 0.0866. The van der Waals surface area contributed by atoms with Gasteiger partial charge >= 0.3 is 12.3 Å². The quantitative estimate of drug-likeness (QED) is 0.745. The summed E-state index contributed by atoms with van der Waals surface area (Å²) < 4.78 is 63.0. The largest absolute Gasteiger partial charge is 0.487 e. The Balaban J connectivity index is 1.74. The highest BCUT2D eigenvalue weighted by Crippen LogP contribution is 2.36. The maximum Gasteiger partial charge on any atom is 0.416 e. The van der Waals surface area contributed by atoms with E-state index in [0.29, 0.717) is 12.1 Å².